The van der Waals surface area contributed by atoms with Crippen molar-refractivity contribution in [2.24, 2.45) is 5.73 Å². The van der Waals surface area contributed by atoms with Crippen LogP contribution in [0.1, 0.15) is 24.5 Å². The zero-order valence-corrected chi connectivity index (χ0v) is 11.6. The van der Waals surface area contributed by atoms with E-state index in [1.807, 2.05) is 31.2 Å². The van der Waals surface area contributed by atoms with Gasteiger partial charge in [0.25, 0.3) is 0 Å². The lowest BCUT2D eigenvalue weighted by Crippen LogP contribution is -2.31. The van der Waals surface area contributed by atoms with Gasteiger partial charge in [-0.3, -0.25) is 4.79 Å². The number of carbonyl (C=O) groups is 2. The SMILES string of the molecule is CCOC(=O)/C(=C/c1cccc(C)c1)C[C@@H](N)C(=O)O. The van der Waals surface area contributed by atoms with E-state index in [0.717, 1.165) is 11.1 Å². The summed E-state index contributed by atoms with van der Waals surface area (Å²) in [4.78, 5) is 22.7. The van der Waals surface area contributed by atoms with Crippen molar-refractivity contribution in [3.63, 3.8) is 0 Å². The Bertz CT molecular complexity index is 522. The number of ether oxygens (including phenoxy) is 1. The highest BCUT2D eigenvalue weighted by Crippen LogP contribution is 2.14. The third kappa shape index (κ3) is 4.85. The molecular weight excluding hydrogens is 258 g/mol. The highest BCUT2D eigenvalue weighted by atomic mass is 16.5. The number of carboxylic acid groups (broad SMARTS) is 1. The molecular formula is C15H19NO4. The molecule has 0 fully saturated rings. The van der Waals surface area contributed by atoms with Gasteiger partial charge in [-0.05, 0) is 25.5 Å². The second-order valence-electron chi connectivity index (χ2n) is 4.45. The fourth-order valence-corrected chi connectivity index (χ4v) is 1.71. The summed E-state index contributed by atoms with van der Waals surface area (Å²) < 4.78 is 4.93. The number of hydrogen-bond acceptors (Lipinski definition) is 4. The second-order valence-corrected chi connectivity index (χ2v) is 4.45. The maximum Gasteiger partial charge on any atom is 0.334 e. The normalized spacial score (nSPS) is 12.8. The number of aliphatic carboxylic acids is 1. The Morgan fingerprint density at radius 3 is 2.70 bits per heavy atom. The van der Waals surface area contributed by atoms with Crippen LogP contribution in [-0.4, -0.2) is 29.7 Å². The molecule has 0 saturated carbocycles. The van der Waals surface area contributed by atoms with Gasteiger partial charge in [-0.1, -0.05) is 29.8 Å². The van der Waals surface area contributed by atoms with E-state index in [4.69, 9.17) is 15.6 Å². The van der Waals surface area contributed by atoms with E-state index in [0.29, 0.717) is 0 Å². The van der Waals surface area contributed by atoms with Crippen molar-refractivity contribution in [2.75, 3.05) is 6.61 Å². The number of rotatable bonds is 6. The molecule has 20 heavy (non-hydrogen) atoms. The van der Waals surface area contributed by atoms with Crippen molar-refractivity contribution < 1.29 is 19.4 Å². The summed E-state index contributed by atoms with van der Waals surface area (Å²) in [5.74, 6) is -1.69. The van der Waals surface area contributed by atoms with Gasteiger partial charge in [0.15, 0.2) is 0 Å². The van der Waals surface area contributed by atoms with Crippen molar-refractivity contribution >= 4 is 18.0 Å². The molecule has 0 radical (unpaired) electrons. The van der Waals surface area contributed by atoms with Crippen molar-refractivity contribution in [1.82, 2.24) is 0 Å². The minimum atomic E-state index is -1.15. The predicted octanol–water partition coefficient (Wildman–Crippen LogP) is 1.74. The number of carbonyl (C=O) groups excluding carboxylic acids is 1. The molecule has 1 rings (SSSR count). The van der Waals surface area contributed by atoms with Crippen LogP contribution in [-0.2, 0) is 14.3 Å². The monoisotopic (exact) mass is 277 g/mol. The third-order valence-electron chi connectivity index (χ3n) is 2.68. The van der Waals surface area contributed by atoms with E-state index in [1.165, 1.54) is 0 Å². The summed E-state index contributed by atoms with van der Waals surface area (Å²) in [5, 5.41) is 8.85. The van der Waals surface area contributed by atoms with Crippen molar-refractivity contribution in [1.29, 1.82) is 0 Å². The molecule has 5 nitrogen and oxygen atoms in total. The van der Waals surface area contributed by atoms with E-state index in [1.54, 1.807) is 13.0 Å². The summed E-state index contributed by atoms with van der Waals surface area (Å²) in [6, 6.07) is 6.39. The molecule has 3 N–H and O–H groups in total. The van der Waals surface area contributed by atoms with E-state index >= 15 is 0 Å². The van der Waals surface area contributed by atoms with Crippen LogP contribution in [0.3, 0.4) is 0 Å². The molecule has 0 aliphatic rings. The standard InChI is InChI=1S/C15H19NO4/c1-3-20-15(19)12(9-13(16)14(17)18)8-11-6-4-5-10(2)7-11/h4-8,13H,3,9,16H2,1-2H3,(H,17,18)/b12-8+/t13-/m1/s1. The lowest BCUT2D eigenvalue weighted by Gasteiger charge is -2.10. The van der Waals surface area contributed by atoms with Crippen molar-refractivity contribution in [3.8, 4) is 0 Å². The molecule has 0 aliphatic carbocycles. The van der Waals surface area contributed by atoms with Crippen LogP contribution < -0.4 is 5.73 Å². The fraction of sp³-hybridized carbons (Fsp3) is 0.333. The molecule has 1 aromatic carbocycles. The first kappa shape index (κ1) is 15.9. The minimum absolute atomic E-state index is 0.0674. The minimum Gasteiger partial charge on any atom is -0.480 e. The maximum atomic E-state index is 11.9. The summed E-state index contributed by atoms with van der Waals surface area (Å²) >= 11 is 0. The van der Waals surface area contributed by atoms with Gasteiger partial charge in [0.05, 0.1) is 6.61 Å². The van der Waals surface area contributed by atoms with Crippen LogP contribution in [0.15, 0.2) is 29.8 Å². The van der Waals surface area contributed by atoms with Gasteiger partial charge < -0.3 is 15.6 Å². The third-order valence-corrected chi connectivity index (χ3v) is 2.68. The highest BCUT2D eigenvalue weighted by Gasteiger charge is 2.19. The smallest absolute Gasteiger partial charge is 0.334 e. The van der Waals surface area contributed by atoms with Crippen LogP contribution in [0.2, 0.25) is 0 Å². The lowest BCUT2D eigenvalue weighted by atomic mass is 10.0. The Kier molecular flexibility index (Phi) is 5.93. The number of hydrogen-bond donors (Lipinski definition) is 2. The van der Waals surface area contributed by atoms with Gasteiger partial charge in [-0.25, -0.2) is 4.79 Å². The average Bonchev–Trinajstić information content (AvgIpc) is 2.38. The van der Waals surface area contributed by atoms with E-state index in [-0.39, 0.29) is 18.6 Å². The molecule has 0 saturated heterocycles. The van der Waals surface area contributed by atoms with Crippen LogP contribution in [0.5, 0.6) is 0 Å². The molecule has 0 bridgehead atoms. The molecule has 5 heteroatoms. The van der Waals surface area contributed by atoms with Gasteiger partial charge in [-0.2, -0.15) is 0 Å². The van der Waals surface area contributed by atoms with E-state index in [2.05, 4.69) is 0 Å². The number of aryl methyl sites for hydroxylation is 1. The molecule has 0 aromatic heterocycles. The van der Waals surface area contributed by atoms with Gasteiger partial charge in [0.2, 0.25) is 0 Å². The Balaban J connectivity index is 3.03. The largest absolute Gasteiger partial charge is 0.480 e. The van der Waals surface area contributed by atoms with Gasteiger partial charge >= 0.3 is 11.9 Å². The lowest BCUT2D eigenvalue weighted by molar-refractivity contribution is -0.139. The maximum absolute atomic E-state index is 11.9. The first-order chi connectivity index (χ1) is 9.43. The number of nitrogens with two attached hydrogens (primary N) is 1. The Morgan fingerprint density at radius 1 is 1.45 bits per heavy atom. The van der Waals surface area contributed by atoms with Crippen molar-refractivity contribution in [3.05, 3.63) is 41.0 Å². The number of esters is 1. The first-order valence-electron chi connectivity index (χ1n) is 6.36. The summed E-state index contributed by atoms with van der Waals surface area (Å²) in [6.07, 6.45) is 1.55. The molecule has 0 unspecified atom stereocenters. The molecule has 0 amide bonds. The number of carboxylic acids is 1. The summed E-state index contributed by atoms with van der Waals surface area (Å²) in [7, 11) is 0. The van der Waals surface area contributed by atoms with Gasteiger partial charge in [-0.15, -0.1) is 0 Å². The quantitative estimate of drug-likeness (QED) is 0.610. The topological polar surface area (TPSA) is 89.6 Å². The Labute approximate surface area is 118 Å². The predicted molar refractivity (Wildman–Crippen MR) is 76.0 cm³/mol. The molecule has 1 atom stereocenters. The van der Waals surface area contributed by atoms with Gasteiger partial charge in [0, 0.05) is 12.0 Å². The Hall–Kier alpha value is -2.14. The fourth-order valence-electron chi connectivity index (χ4n) is 1.71. The molecule has 0 spiro atoms. The highest BCUT2D eigenvalue weighted by molar-refractivity contribution is 5.94. The van der Waals surface area contributed by atoms with Crippen LogP contribution in [0.4, 0.5) is 0 Å². The Morgan fingerprint density at radius 2 is 2.15 bits per heavy atom. The van der Waals surface area contributed by atoms with Gasteiger partial charge in [0.1, 0.15) is 6.04 Å². The molecule has 108 valence electrons. The van der Waals surface area contributed by atoms with E-state index < -0.39 is 18.0 Å². The van der Waals surface area contributed by atoms with Crippen LogP contribution in [0.25, 0.3) is 6.08 Å². The zero-order valence-electron chi connectivity index (χ0n) is 11.6. The molecule has 0 heterocycles. The average molecular weight is 277 g/mol. The molecule has 0 aliphatic heterocycles. The summed E-state index contributed by atoms with van der Waals surface area (Å²) in [6.45, 7) is 3.86. The first-order valence-corrected chi connectivity index (χ1v) is 6.36. The van der Waals surface area contributed by atoms with Crippen molar-refractivity contribution in [2.45, 2.75) is 26.3 Å². The zero-order chi connectivity index (χ0) is 15.1. The van der Waals surface area contributed by atoms with E-state index in [9.17, 15) is 9.59 Å². The van der Waals surface area contributed by atoms with Crippen LogP contribution in [0, 0.1) is 6.92 Å². The summed E-state index contributed by atoms with van der Waals surface area (Å²) in [5.41, 5.74) is 7.60. The second kappa shape index (κ2) is 7.45. The van der Waals surface area contributed by atoms with Crippen LogP contribution >= 0.6 is 0 Å². The number of benzene rings is 1. The molecule has 1 aromatic rings.